The van der Waals surface area contributed by atoms with Crippen LogP contribution in [0.15, 0.2) is 54.6 Å². The normalized spacial score (nSPS) is 13.5. The molecule has 1 aliphatic carbocycles. The zero-order valence-electron chi connectivity index (χ0n) is 15.2. The fourth-order valence-electron chi connectivity index (χ4n) is 3.25. The van der Waals surface area contributed by atoms with Gasteiger partial charge in [-0.25, -0.2) is 0 Å². The highest BCUT2D eigenvalue weighted by Crippen LogP contribution is 2.41. The van der Waals surface area contributed by atoms with Crippen molar-refractivity contribution in [2.45, 2.75) is 45.4 Å². The SMILES string of the molecule is CCCCCCc1ccc(-c2ccc(-c3ccc(C4=CC=CC4)s3)s2)s1. The van der Waals surface area contributed by atoms with Crippen LogP contribution in [0, 0.1) is 0 Å². The third kappa shape index (κ3) is 4.11. The zero-order valence-corrected chi connectivity index (χ0v) is 17.6. The van der Waals surface area contributed by atoms with Gasteiger partial charge in [0.2, 0.25) is 0 Å². The van der Waals surface area contributed by atoms with E-state index < -0.39 is 0 Å². The van der Waals surface area contributed by atoms with Crippen molar-refractivity contribution in [3.8, 4) is 19.5 Å². The third-order valence-electron chi connectivity index (χ3n) is 4.72. The lowest BCUT2D eigenvalue weighted by atomic mass is 10.1. The summed E-state index contributed by atoms with van der Waals surface area (Å²) in [4.78, 5) is 8.55. The van der Waals surface area contributed by atoms with Crippen LogP contribution in [0.25, 0.3) is 25.1 Å². The van der Waals surface area contributed by atoms with Crippen molar-refractivity contribution in [1.82, 2.24) is 0 Å². The quantitative estimate of drug-likeness (QED) is 0.334. The molecule has 26 heavy (non-hydrogen) atoms. The summed E-state index contributed by atoms with van der Waals surface area (Å²) in [6.45, 7) is 2.27. The van der Waals surface area contributed by atoms with Gasteiger partial charge in [0.25, 0.3) is 0 Å². The summed E-state index contributed by atoms with van der Waals surface area (Å²) in [5.74, 6) is 0. The molecule has 3 aromatic rings. The number of rotatable bonds is 8. The minimum atomic E-state index is 1.08. The molecule has 0 fully saturated rings. The second-order valence-corrected chi connectivity index (χ2v) is 10.1. The summed E-state index contributed by atoms with van der Waals surface area (Å²) in [7, 11) is 0. The number of hydrogen-bond donors (Lipinski definition) is 0. The molecule has 0 bridgehead atoms. The first kappa shape index (κ1) is 18.0. The van der Waals surface area contributed by atoms with Crippen LogP contribution in [-0.4, -0.2) is 0 Å². The second kappa shape index (κ2) is 8.51. The number of unbranched alkanes of at least 4 members (excludes halogenated alkanes) is 3. The molecule has 3 heteroatoms. The Morgan fingerprint density at radius 3 is 2.08 bits per heavy atom. The molecule has 0 nitrogen and oxygen atoms in total. The third-order valence-corrected chi connectivity index (χ3v) is 8.51. The zero-order chi connectivity index (χ0) is 17.8. The van der Waals surface area contributed by atoms with Gasteiger partial charge in [0.1, 0.15) is 0 Å². The molecule has 0 aliphatic heterocycles. The Bertz CT molecular complexity index is 917. The lowest BCUT2D eigenvalue weighted by Gasteiger charge is -1.97. The second-order valence-electron chi connectivity index (χ2n) is 6.73. The maximum absolute atomic E-state index is 2.33. The summed E-state index contributed by atoms with van der Waals surface area (Å²) >= 11 is 5.82. The molecule has 0 unspecified atom stereocenters. The molecule has 0 saturated carbocycles. The van der Waals surface area contributed by atoms with Crippen molar-refractivity contribution < 1.29 is 0 Å². The van der Waals surface area contributed by atoms with Crippen LogP contribution >= 0.6 is 34.0 Å². The van der Waals surface area contributed by atoms with Crippen molar-refractivity contribution in [3.63, 3.8) is 0 Å². The van der Waals surface area contributed by atoms with Gasteiger partial charge in [0, 0.05) is 29.3 Å². The van der Waals surface area contributed by atoms with Crippen LogP contribution in [-0.2, 0) is 6.42 Å². The first-order valence-electron chi connectivity index (χ1n) is 9.48. The number of allylic oxidation sites excluding steroid dienone is 4. The first-order valence-corrected chi connectivity index (χ1v) is 11.9. The van der Waals surface area contributed by atoms with Gasteiger partial charge in [-0.3, -0.25) is 0 Å². The van der Waals surface area contributed by atoms with E-state index in [0.29, 0.717) is 0 Å². The standard InChI is InChI=1S/C23H24S3/c1-2-3-4-5-10-18-11-12-20(24-18)21-15-16-23(26-21)22-14-13-19(25-22)17-8-6-7-9-17/h6-8,11-16H,2-5,9-10H2,1H3. The van der Waals surface area contributed by atoms with Crippen LogP contribution in [0.2, 0.25) is 0 Å². The van der Waals surface area contributed by atoms with E-state index in [9.17, 15) is 0 Å². The van der Waals surface area contributed by atoms with E-state index in [1.165, 1.54) is 66.9 Å². The lowest BCUT2D eigenvalue weighted by Crippen LogP contribution is -1.80. The molecule has 134 valence electrons. The lowest BCUT2D eigenvalue weighted by molar-refractivity contribution is 0.670. The molecule has 3 aromatic heterocycles. The van der Waals surface area contributed by atoms with Gasteiger partial charge in [-0.05, 0) is 61.2 Å². The number of aryl methyl sites for hydroxylation is 1. The van der Waals surface area contributed by atoms with Crippen molar-refractivity contribution in [1.29, 1.82) is 0 Å². The topological polar surface area (TPSA) is 0 Å². The molecule has 0 N–H and O–H groups in total. The first-order chi connectivity index (χ1) is 12.8. The van der Waals surface area contributed by atoms with Gasteiger partial charge in [-0.1, -0.05) is 44.4 Å². The Balaban J connectivity index is 1.44. The van der Waals surface area contributed by atoms with E-state index in [0.717, 1.165) is 6.42 Å². The summed E-state index contributed by atoms with van der Waals surface area (Å²) in [5, 5.41) is 0. The Kier molecular flexibility index (Phi) is 5.88. The molecule has 0 saturated heterocycles. The number of hydrogen-bond acceptors (Lipinski definition) is 3. The summed E-state index contributed by atoms with van der Waals surface area (Å²) in [6.07, 6.45) is 14.3. The van der Waals surface area contributed by atoms with E-state index in [4.69, 9.17) is 0 Å². The fraction of sp³-hybridized carbons (Fsp3) is 0.304. The Hall–Kier alpha value is -1.42. The predicted molar refractivity (Wildman–Crippen MR) is 121 cm³/mol. The maximum atomic E-state index is 2.33. The van der Waals surface area contributed by atoms with Crippen LogP contribution in [0.1, 0.15) is 48.8 Å². The smallest absolute Gasteiger partial charge is 0.0449 e. The number of thiophene rings is 3. The van der Waals surface area contributed by atoms with E-state index in [1.54, 1.807) is 0 Å². The van der Waals surface area contributed by atoms with Crippen molar-refractivity contribution in [2.24, 2.45) is 0 Å². The largest absolute Gasteiger partial charge is 0.139 e. The van der Waals surface area contributed by atoms with Crippen LogP contribution < -0.4 is 0 Å². The molecule has 0 amide bonds. The highest BCUT2D eigenvalue weighted by atomic mass is 32.1. The van der Waals surface area contributed by atoms with Gasteiger partial charge in [0.05, 0.1) is 0 Å². The van der Waals surface area contributed by atoms with Crippen LogP contribution in [0.4, 0.5) is 0 Å². The minimum absolute atomic E-state index is 1.08. The van der Waals surface area contributed by atoms with E-state index in [2.05, 4.69) is 61.5 Å². The average molecular weight is 397 g/mol. The summed E-state index contributed by atoms with van der Waals surface area (Å²) < 4.78 is 0. The maximum Gasteiger partial charge on any atom is 0.0449 e. The highest BCUT2D eigenvalue weighted by Gasteiger charge is 2.11. The van der Waals surface area contributed by atoms with Gasteiger partial charge >= 0.3 is 0 Å². The molecule has 0 spiro atoms. The van der Waals surface area contributed by atoms with Gasteiger partial charge < -0.3 is 0 Å². The summed E-state index contributed by atoms with van der Waals surface area (Å²) in [6, 6.07) is 13.8. The molecule has 3 heterocycles. The molecule has 4 rings (SSSR count). The van der Waals surface area contributed by atoms with E-state index >= 15 is 0 Å². The van der Waals surface area contributed by atoms with Crippen LogP contribution in [0.5, 0.6) is 0 Å². The van der Waals surface area contributed by atoms with Crippen molar-refractivity contribution in [2.75, 3.05) is 0 Å². The molecule has 0 atom stereocenters. The molecule has 0 aromatic carbocycles. The molecular formula is C23H24S3. The molecule has 0 radical (unpaired) electrons. The van der Waals surface area contributed by atoms with Gasteiger partial charge in [0.15, 0.2) is 0 Å². The Labute approximate surface area is 168 Å². The summed E-state index contributed by atoms with van der Waals surface area (Å²) in [5.41, 5.74) is 1.45. The monoisotopic (exact) mass is 396 g/mol. The highest BCUT2D eigenvalue weighted by molar-refractivity contribution is 7.26. The Morgan fingerprint density at radius 2 is 1.38 bits per heavy atom. The van der Waals surface area contributed by atoms with E-state index in [1.807, 2.05) is 34.0 Å². The van der Waals surface area contributed by atoms with Gasteiger partial charge in [-0.15, -0.1) is 34.0 Å². The Morgan fingerprint density at radius 1 is 0.731 bits per heavy atom. The molecular weight excluding hydrogens is 372 g/mol. The van der Waals surface area contributed by atoms with Gasteiger partial charge in [-0.2, -0.15) is 0 Å². The average Bonchev–Trinajstić information content (AvgIpc) is 3.44. The predicted octanol–water partition coefficient (Wildman–Crippen LogP) is 8.67. The molecule has 1 aliphatic rings. The van der Waals surface area contributed by atoms with Crippen molar-refractivity contribution >= 4 is 39.6 Å². The fourth-order valence-corrected chi connectivity index (χ4v) is 6.52. The van der Waals surface area contributed by atoms with E-state index in [-0.39, 0.29) is 0 Å². The minimum Gasteiger partial charge on any atom is -0.139 e. The van der Waals surface area contributed by atoms with Crippen LogP contribution in [0.3, 0.4) is 0 Å². The van der Waals surface area contributed by atoms with Crippen molar-refractivity contribution in [3.05, 3.63) is 64.4 Å².